The molecule has 0 saturated heterocycles. The van der Waals surface area contributed by atoms with Gasteiger partial charge in [-0.3, -0.25) is 9.48 Å². The summed E-state index contributed by atoms with van der Waals surface area (Å²) in [7, 11) is -1.83. The Bertz CT molecular complexity index is 676. The molecule has 0 radical (unpaired) electrons. The fourth-order valence-corrected chi connectivity index (χ4v) is 1.94. The van der Waals surface area contributed by atoms with Crippen molar-refractivity contribution in [2.24, 2.45) is 0 Å². The van der Waals surface area contributed by atoms with E-state index in [1.165, 1.54) is 0 Å². The van der Waals surface area contributed by atoms with E-state index in [4.69, 9.17) is 5.11 Å². The lowest BCUT2D eigenvalue weighted by Gasteiger charge is -2.17. The number of hydrogen-bond donors (Lipinski definition) is 4. The van der Waals surface area contributed by atoms with Gasteiger partial charge in [-0.15, -0.1) is 5.10 Å². The second kappa shape index (κ2) is 7.52. The van der Waals surface area contributed by atoms with Crippen LogP contribution in [0.1, 0.15) is 16.1 Å². The molecule has 2 rings (SSSR count). The van der Waals surface area contributed by atoms with E-state index in [2.05, 4.69) is 15.6 Å². The maximum Gasteiger partial charge on any atom is 0.477 e. The Morgan fingerprint density at radius 1 is 1.26 bits per heavy atom. The summed E-state index contributed by atoms with van der Waals surface area (Å²) in [6, 6.07) is 8.97. The minimum Gasteiger partial charge on any atom is -0.476 e. The van der Waals surface area contributed by atoms with Crippen molar-refractivity contribution in [1.82, 2.24) is 20.3 Å². The molecule has 1 heterocycles. The molecular weight excluding hydrogens is 303 g/mol. The van der Waals surface area contributed by atoms with Gasteiger partial charge in [-0.05, 0) is 5.56 Å². The predicted molar refractivity (Wildman–Crippen MR) is 79.2 cm³/mol. The Labute approximate surface area is 131 Å². The fraction of sp³-hybridized carbons (Fsp3) is 0.231. The van der Waals surface area contributed by atoms with E-state index in [0.717, 1.165) is 16.4 Å². The van der Waals surface area contributed by atoms with Crippen LogP contribution >= 0.6 is 0 Å². The lowest BCUT2D eigenvalue weighted by Crippen LogP contribution is -2.49. The summed E-state index contributed by atoms with van der Waals surface area (Å²) in [6.45, 7) is -0.127. The van der Waals surface area contributed by atoms with Crippen molar-refractivity contribution in [2.45, 2.75) is 18.9 Å². The number of amides is 1. The zero-order chi connectivity index (χ0) is 16.8. The molecule has 1 unspecified atom stereocenters. The number of aromatic carboxylic acids is 1. The van der Waals surface area contributed by atoms with Crippen molar-refractivity contribution < 1.29 is 24.7 Å². The number of carboxylic acid groups (broad SMARTS) is 1. The largest absolute Gasteiger partial charge is 0.477 e. The standard InChI is InChI=1S/C13H15BN4O5/c19-12(6-9-4-2-1-3-5-9)15-11(14(22)23)8-18-7-10(13(20)21)16-17-18/h1-5,7,11,22-23H,6,8H2,(H,15,19)(H,20,21). The summed E-state index contributed by atoms with van der Waals surface area (Å²) in [5.74, 6) is -2.69. The van der Waals surface area contributed by atoms with Crippen molar-refractivity contribution in [3.05, 3.63) is 47.8 Å². The van der Waals surface area contributed by atoms with Gasteiger partial charge < -0.3 is 20.5 Å². The van der Waals surface area contributed by atoms with E-state index in [-0.39, 0.29) is 18.7 Å². The topological polar surface area (TPSA) is 138 Å². The normalized spacial score (nSPS) is 11.7. The monoisotopic (exact) mass is 318 g/mol. The third-order valence-corrected chi connectivity index (χ3v) is 3.06. The summed E-state index contributed by atoms with van der Waals surface area (Å²) >= 11 is 0. The van der Waals surface area contributed by atoms with Crippen molar-refractivity contribution in [3.63, 3.8) is 0 Å². The highest BCUT2D eigenvalue weighted by molar-refractivity contribution is 6.43. The number of hydrogen-bond acceptors (Lipinski definition) is 6. The van der Waals surface area contributed by atoms with Gasteiger partial charge in [0.15, 0.2) is 5.69 Å². The molecule has 1 amide bonds. The Morgan fingerprint density at radius 3 is 2.52 bits per heavy atom. The van der Waals surface area contributed by atoms with Crippen LogP contribution in [-0.2, 0) is 17.8 Å². The molecule has 23 heavy (non-hydrogen) atoms. The molecule has 0 fully saturated rings. The zero-order valence-electron chi connectivity index (χ0n) is 12.0. The zero-order valence-corrected chi connectivity index (χ0v) is 12.0. The van der Waals surface area contributed by atoms with Crippen molar-refractivity contribution in [3.8, 4) is 0 Å². The maximum absolute atomic E-state index is 12.0. The molecule has 4 N–H and O–H groups in total. The summed E-state index contributed by atoms with van der Waals surface area (Å²) in [5, 5.41) is 37.0. The smallest absolute Gasteiger partial charge is 0.476 e. The Balaban J connectivity index is 1.97. The van der Waals surface area contributed by atoms with Crippen LogP contribution in [0.4, 0.5) is 0 Å². The van der Waals surface area contributed by atoms with E-state index in [0.29, 0.717) is 0 Å². The number of carbonyl (C=O) groups excluding carboxylic acids is 1. The molecule has 0 bridgehead atoms. The lowest BCUT2D eigenvalue weighted by molar-refractivity contribution is -0.120. The van der Waals surface area contributed by atoms with Crippen molar-refractivity contribution in [1.29, 1.82) is 0 Å². The SMILES string of the molecule is O=C(Cc1ccccc1)NC(Cn1cc(C(=O)O)nn1)B(O)O. The number of carboxylic acids is 1. The molecule has 120 valence electrons. The van der Waals surface area contributed by atoms with E-state index < -0.39 is 24.9 Å². The average Bonchev–Trinajstić information content (AvgIpc) is 2.96. The van der Waals surface area contributed by atoms with Gasteiger partial charge >= 0.3 is 13.1 Å². The maximum atomic E-state index is 12.0. The number of benzene rings is 1. The first kappa shape index (κ1) is 16.7. The third-order valence-electron chi connectivity index (χ3n) is 3.06. The van der Waals surface area contributed by atoms with Crippen LogP contribution in [-0.4, -0.2) is 55.1 Å². The Morgan fingerprint density at radius 2 is 1.96 bits per heavy atom. The molecule has 0 aliphatic heterocycles. The van der Waals surface area contributed by atoms with Crippen LogP contribution < -0.4 is 5.32 Å². The predicted octanol–water partition coefficient (Wildman–Crippen LogP) is -1.28. The van der Waals surface area contributed by atoms with Crippen LogP contribution in [0.15, 0.2) is 36.5 Å². The van der Waals surface area contributed by atoms with Gasteiger partial charge in [-0.2, -0.15) is 0 Å². The van der Waals surface area contributed by atoms with Crippen LogP contribution in [0.25, 0.3) is 0 Å². The highest BCUT2D eigenvalue weighted by Crippen LogP contribution is 2.01. The molecule has 0 saturated carbocycles. The molecule has 2 aromatic rings. The molecule has 1 aromatic heterocycles. The molecule has 1 aromatic carbocycles. The van der Waals surface area contributed by atoms with Gasteiger partial charge in [0.05, 0.1) is 25.1 Å². The Hall–Kier alpha value is -2.72. The van der Waals surface area contributed by atoms with E-state index in [1.807, 2.05) is 6.07 Å². The van der Waals surface area contributed by atoms with Crippen LogP contribution in [0.2, 0.25) is 0 Å². The fourth-order valence-electron chi connectivity index (χ4n) is 1.94. The van der Waals surface area contributed by atoms with Crippen LogP contribution in [0.5, 0.6) is 0 Å². The summed E-state index contributed by atoms with van der Waals surface area (Å²) in [4.78, 5) is 22.7. The van der Waals surface area contributed by atoms with E-state index in [1.54, 1.807) is 24.3 Å². The molecule has 0 aliphatic rings. The van der Waals surface area contributed by atoms with Crippen LogP contribution in [0, 0.1) is 0 Å². The quantitative estimate of drug-likeness (QED) is 0.466. The Kier molecular flexibility index (Phi) is 5.44. The first-order chi connectivity index (χ1) is 11.0. The lowest BCUT2D eigenvalue weighted by atomic mass is 9.79. The summed E-state index contributed by atoms with van der Waals surface area (Å²) in [6.07, 6.45) is 1.23. The van der Waals surface area contributed by atoms with Gasteiger partial charge in [0.1, 0.15) is 0 Å². The third kappa shape index (κ3) is 4.90. The molecule has 10 heteroatoms. The minimum absolute atomic E-state index is 0.0851. The molecular formula is C13H15BN4O5. The number of aromatic nitrogens is 3. The van der Waals surface area contributed by atoms with E-state index >= 15 is 0 Å². The average molecular weight is 318 g/mol. The van der Waals surface area contributed by atoms with Gasteiger partial charge in [-0.1, -0.05) is 35.5 Å². The first-order valence-electron chi connectivity index (χ1n) is 6.78. The minimum atomic E-state index is -1.83. The highest BCUT2D eigenvalue weighted by Gasteiger charge is 2.26. The van der Waals surface area contributed by atoms with Gasteiger partial charge in [0.2, 0.25) is 5.91 Å². The van der Waals surface area contributed by atoms with Gasteiger partial charge in [0, 0.05) is 0 Å². The molecule has 1 atom stereocenters. The number of rotatable bonds is 7. The second-order valence-corrected chi connectivity index (χ2v) is 4.88. The van der Waals surface area contributed by atoms with E-state index in [9.17, 15) is 19.6 Å². The van der Waals surface area contributed by atoms with Crippen LogP contribution in [0.3, 0.4) is 0 Å². The molecule has 0 spiro atoms. The highest BCUT2D eigenvalue weighted by atomic mass is 16.4. The summed E-state index contributed by atoms with van der Waals surface area (Å²) in [5.41, 5.74) is 0.511. The van der Waals surface area contributed by atoms with Crippen molar-refractivity contribution >= 4 is 19.0 Å². The second-order valence-electron chi connectivity index (χ2n) is 4.88. The number of nitrogens with one attached hydrogen (secondary N) is 1. The van der Waals surface area contributed by atoms with Crippen molar-refractivity contribution in [2.75, 3.05) is 0 Å². The van der Waals surface area contributed by atoms with Gasteiger partial charge in [-0.25, -0.2) is 4.79 Å². The molecule has 0 aliphatic carbocycles. The first-order valence-corrected chi connectivity index (χ1v) is 6.78. The number of carbonyl (C=O) groups is 2. The number of nitrogens with zero attached hydrogens (tertiary/aromatic N) is 3. The van der Waals surface area contributed by atoms with Gasteiger partial charge in [0.25, 0.3) is 0 Å². The molecule has 9 nitrogen and oxygen atoms in total. The summed E-state index contributed by atoms with van der Waals surface area (Å²) < 4.78 is 1.12.